The molecule has 11 heteroatoms. The number of benzene rings is 2. The summed E-state index contributed by atoms with van der Waals surface area (Å²) in [4.78, 5) is 6.91. The molecule has 0 saturated heterocycles. The van der Waals surface area contributed by atoms with Crippen molar-refractivity contribution in [3.05, 3.63) is 208 Å². The molecule has 9 aromatic rings. The SMILES string of the molecule is COc1ccc(C2(c3ccc(C)s3)C(Oc3cscc3C)(c3cccs3)C(c3csc(C)c3)=C(c3ccsc3)C(OC)(c3sccc3C)C2(c2ccc(OC)cc2)c2cc(C)cs2)cc1. The van der Waals surface area contributed by atoms with E-state index in [0.717, 1.165) is 81.3 Å². The van der Waals surface area contributed by atoms with Crippen molar-refractivity contribution in [2.75, 3.05) is 21.3 Å². The summed E-state index contributed by atoms with van der Waals surface area (Å²) in [6.07, 6.45) is 0. The molecule has 7 aromatic heterocycles. The second kappa shape index (κ2) is 17.3. The highest BCUT2D eigenvalue weighted by atomic mass is 32.1. The third-order valence-corrected chi connectivity index (χ3v) is 19.8. The smallest absolute Gasteiger partial charge is 0.185 e. The lowest BCUT2D eigenvalue weighted by Crippen LogP contribution is -2.74. The van der Waals surface area contributed by atoms with Crippen molar-refractivity contribution in [3.63, 3.8) is 0 Å². The van der Waals surface area contributed by atoms with Crippen LogP contribution in [-0.2, 0) is 26.8 Å². The van der Waals surface area contributed by atoms with Gasteiger partial charge >= 0.3 is 0 Å². The van der Waals surface area contributed by atoms with Gasteiger partial charge in [-0.15, -0.1) is 68.0 Å². The molecule has 0 N–H and O–H groups in total. The van der Waals surface area contributed by atoms with Crippen molar-refractivity contribution in [1.29, 1.82) is 0 Å². The Bertz CT molecular complexity index is 3100. The highest BCUT2D eigenvalue weighted by Crippen LogP contribution is 2.79. The summed E-state index contributed by atoms with van der Waals surface area (Å²) in [5, 5.41) is 18.0. The highest BCUT2D eigenvalue weighted by molar-refractivity contribution is 7.13. The molecular weight excluding hydrogens is 937 g/mol. The minimum atomic E-state index is -1.31. The van der Waals surface area contributed by atoms with Crippen LogP contribution in [0.1, 0.15) is 68.2 Å². The van der Waals surface area contributed by atoms with E-state index in [1.807, 2.05) is 18.4 Å². The van der Waals surface area contributed by atoms with Crippen molar-refractivity contribution in [2.45, 2.75) is 56.7 Å². The third kappa shape index (κ3) is 6.37. The normalized spacial score (nSPS) is 22.1. The topological polar surface area (TPSA) is 36.9 Å². The molecule has 2 aromatic carbocycles. The summed E-state index contributed by atoms with van der Waals surface area (Å²) in [6.45, 7) is 11.1. The molecular formula is C54H48O4S7. The number of thiophene rings is 7. The first-order chi connectivity index (χ1) is 31.6. The molecule has 0 spiro atoms. The fraction of sp³-hybridized carbons (Fsp3) is 0.222. The predicted molar refractivity (Wildman–Crippen MR) is 279 cm³/mol. The Morgan fingerprint density at radius 1 is 0.477 bits per heavy atom. The van der Waals surface area contributed by atoms with Crippen LogP contribution in [-0.4, -0.2) is 21.3 Å². The molecule has 0 fully saturated rings. The van der Waals surface area contributed by atoms with E-state index in [9.17, 15) is 0 Å². The maximum atomic E-state index is 8.56. The maximum Gasteiger partial charge on any atom is 0.185 e. The lowest BCUT2D eigenvalue weighted by atomic mass is 9.37. The van der Waals surface area contributed by atoms with Crippen molar-refractivity contribution in [2.24, 2.45) is 0 Å². The lowest BCUT2D eigenvalue weighted by molar-refractivity contribution is -0.0930. The zero-order valence-electron chi connectivity index (χ0n) is 37.3. The minimum absolute atomic E-state index is 0.774. The first kappa shape index (κ1) is 44.3. The van der Waals surface area contributed by atoms with Gasteiger partial charge in [-0.2, -0.15) is 11.3 Å². The molecule has 4 unspecified atom stereocenters. The maximum absolute atomic E-state index is 8.56. The van der Waals surface area contributed by atoms with Crippen LogP contribution < -0.4 is 14.2 Å². The fourth-order valence-corrected chi connectivity index (χ4v) is 17.3. The van der Waals surface area contributed by atoms with Gasteiger partial charge in [0.05, 0.1) is 29.9 Å². The van der Waals surface area contributed by atoms with Gasteiger partial charge in [0.1, 0.15) is 22.8 Å². The quantitative estimate of drug-likeness (QED) is 0.115. The summed E-state index contributed by atoms with van der Waals surface area (Å²) < 4.78 is 28.5. The first-order valence-corrected chi connectivity index (χ1v) is 27.4. The van der Waals surface area contributed by atoms with Gasteiger partial charge in [0.15, 0.2) is 5.60 Å². The van der Waals surface area contributed by atoms with Gasteiger partial charge in [-0.3, -0.25) is 0 Å². The number of aryl methyl sites for hydroxylation is 5. The number of rotatable bonds is 13. The standard InChI is InChI=1S/C54H48O4S7/c1-33-26-47(64-28-33)52(41-14-18-43(56-7)19-15-41)51(45-20-11-36(4)65-45,40-12-16-42(55-6)17-13-40)53(46-10-9-23-61-46,58-44-32-60-29-35(44)3)49(39-27-37(5)63-31-39)48(38-22-24-59-30-38)54(52,57-8)50-34(2)21-25-62-50/h9-32H,1-8H3. The number of methoxy groups -OCH3 is 3. The summed E-state index contributed by atoms with van der Waals surface area (Å²) in [6, 6.07) is 36.2. The molecule has 4 nitrogen and oxygen atoms in total. The zero-order chi connectivity index (χ0) is 45.1. The monoisotopic (exact) mass is 984 g/mol. The summed E-state index contributed by atoms with van der Waals surface area (Å²) in [5.74, 6) is 2.39. The molecule has 0 saturated carbocycles. The second-order valence-corrected chi connectivity index (χ2v) is 23.3. The Kier molecular flexibility index (Phi) is 11.8. The molecule has 0 radical (unpaired) electrons. The molecule has 0 amide bonds. The Labute approximate surface area is 409 Å². The Hall–Kier alpha value is -4.56. The molecule has 7 heterocycles. The van der Waals surface area contributed by atoms with Gasteiger partial charge in [0, 0.05) is 53.6 Å². The molecule has 65 heavy (non-hydrogen) atoms. The van der Waals surface area contributed by atoms with Gasteiger partial charge in [-0.05, 0) is 172 Å². The number of ether oxygens (including phenoxy) is 4. The molecule has 1 aliphatic carbocycles. The van der Waals surface area contributed by atoms with Crippen LogP contribution in [0.2, 0.25) is 0 Å². The van der Waals surface area contributed by atoms with Gasteiger partial charge in [-0.1, -0.05) is 30.3 Å². The number of hydrogen-bond donors (Lipinski definition) is 0. The second-order valence-electron chi connectivity index (χ2n) is 16.6. The van der Waals surface area contributed by atoms with E-state index in [0.29, 0.717) is 0 Å². The first-order valence-electron chi connectivity index (χ1n) is 21.2. The van der Waals surface area contributed by atoms with E-state index >= 15 is 0 Å². The van der Waals surface area contributed by atoms with Crippen LogP contribution in [0.3, 0.4) is 0 Å². The van der Waals surface area contributed by atoms with Crippen LogP contribution in [0.25, 0.3) is 11.1 Å². The van der Waals surface area contributed by atoms with Gasteiger partial charge in [0.25, 0.3) is 0 Å². The molecule has 10 rings (SSSR count). The van der Waals surface area contributed by atoms with E-state index in [-0.39, 0.29) is 0 Å². The fourth-order valence-electron chi connectivity index (χ4n) is 10.7. The molecule has 330 valence electrons. The molecule has 4 atom stereocenters. The van der Waals surface area contributed by atoms with E-state index in [2.05, 4.69) is 175 Å². The van der Waals surface area contributed by atoms with E-state index in [1.54, 1.807) is 82.2 Å². The lowest BCUT2D eigenvalue weighted by Gasteiger charge is -2.69. The molecule has 0 aliphatic heterocycles. The number of hydrogen-bond acceptors (Lipinski definition) is 11. The van der Waals surface area contributed by atoms with Crippen molar-refractivity contribution in [3.8, 4) is 17.2 Å². The van der Waals surface area contributed by atoms with Gasteiger partial charge in [0.2, 0.25) is 0 Å². The predicted octanol–water partition coefficient (Wildman–Crippen LogP) is 16.1. The van der Waals surface area contributed by atoms with Crippen LogP contribution in [0.15, 0.2) is 140 Å². The Morgan fingerprint density at radius 2 is 1.18 bits per heavy atom. The molecule has 0 bridgehead atoms. The van der Waals surface area contributed by atoms with Crippen LogP contribution in [0, 0.1) is 34.6 Å². The summed E-state index contributed by atoms with van der Waals surface area (Å²) in [7, 11) is 5.43. The molecule has 1 aliphatic rings. The van der Waals surface area contributed by atoms with Crippen LogP contribution >= 0.6 is 79.4 Å². The third-order valence-electron chi connectivity index (χ3n) is 13.1. The van der Waals surface area contributed by atoms with E-state index in [4.69, 9.17) is 18.9 Å². The van der Waals surface area contributed by atoms with Crippen molar-refractivity contribution >= 4 is 90.5 Å². The van der Waals surface area contributed by atoms with Crippen LogP contribution in [0.4, 0.5) is 0 Å². The highest BCUT2D eigenvalue weighted by Gasteiger charge is 2.82. The van der Waals surface area contributed by atoms with E-state index in [1.165, 1.54) is 15.3 Å². The zero-order valence-corrected chi connectivity index (χ0v) is 43.1. The Morgan fingerprint density at radius 3 is 1.68 bits per heavy atom. The summed E-state index contributed by atoms with van der Waals surface area (Å²) in [5.41, 5.74) is 4.97. The van der Waals surface area contributed by atoms with Crippen molar-refractivity contribution < 1.29 is 18.9 Å². The van der Waals surface area contributed by atoms with E-state index < -0.39 is 22.0 Å². The average Bonchev–Trinajstić information content (AvgIpc) is 4.18. The Balaban J connectivity index is 1.65. The van der Waals surface area contributed by atoms with Gasteiger partial charge < -0.3 is 18.9 Å². The minimum Gasteiger partial charge on any atom is -0.497 e. The van der Waals surface area contributed by atoms with Gasteiger partial charge in [-0.25, -0.2) is 0 Å². The van der Waals surface area contributed by atoms with Crippen molar-refractivity contribution in [1.82, 2.24) is 0 Å². The van der Waals surface area contributed by atoms with Crippen LogP contribution in [0.5, 0.6) is 17.2 Å². The largest absolute Gasteiger partial charge is 0.497 e. The average molecular weight is 985 g/mol. The summed E-state index contributed by atoms with van der Waals surface area (Å²) >= 11 is 12.3.